The molecule has 0 aromatic heterocycles. The second kappa shape index (κ2) is 16.0. The molecule has 1 nitrogen and oxygen atoms in total. The SMILES string of the molecule is C#CC/C(=C/CC/C(C)=C/CC/C=C(\C)CC/C=C(\C)CCC1OC1(C)C)CCC=C(C)C. The molecule has 0 aromatic rings. The summed E-state index contributed by atoms with van der Waals surface area (Å²) in [4.78, 5) is 0. The number of unbranched alkanes of at least 4 members (excludes halogenated alkanes) is 1. The summed E-state index contributed by atoms with van der Waals surface area (Å²) in [5.74, 6) is 2.81. The van der Waals surface area contributed by atoms with E-state index < -0.39 is 0 Å². The van der Waals surface area contributed by atoms with Crippen molar-refractivity contribution in [2.75, 3.05) is 0 Å². The molecule has 1 heteroatoms. The van der Waals surface area contributed by atoms with Gasteiger partial charge in [-0.2, -0.15) is 0 Å². The molecule has 0 radical (unpaired) electrons. The van der Waals surface area contributed by atoms with Crippen LogP contribution < -0.4 is 0 Å². The summed E-state index contributed by atoms with van der Waals surface area (Å²) in [5.41, 5.74) is 7.42. The summed E-state index contributed by atoms with van der Waals surface area (Å²) >= 11 is 0. The van der Waals surface area contributed by atoms with Crippen molar-refractivity contribution >= 4 is 0 Å². The van der Waals surface area contributed by atoms with Gasteiger partial charge in [-0.1, -0.05) is 58.2 Å². The first kappa shape index (κ1) is 29.3. The van der Waals surface area contributed by atoms with Gasteiger partial charge in [0.25, 0.3) is 0 Å². The molecule has 184 valence electrons. The van der Waals surface area contributed by atoms with Gasteiger partial charge in [0.15, 0.2) is 0 Å². The fraction of sp³-hybridized carbons (Fsp3) is 0.625. The third-order valence-corrected chi connectivity index (χ3v) is 6.47. The maximum absolute atomic E-state index is 5.68. The molecule has 1 fully saturated rings. The minimum Gasteiger partial charge on any atom is -0.367 e. The Hall–Kier alpha value is -1.78. The van der Waals surface area contributed by atoms with Crippen molar-refractivity contribution in [3.8, 4) is 12.3 Å². The molecule has 1 rings (SSSR count). The second-order valence-electron chi connectivity index (χ2n) is 10.6. The third kappa shape index (κ3) is 14.9. The largest absolute Gasteiger partial charge is 0.367 e. The van der Waals surface area contributed by atoms with E-state index in [9.17, 15) is 0 Å². The zero-order chi connectivity index (χ0) is 24.7. The van der Waals surface area contributed by atoms with Crippen LogP contribution in [0.3, 0.4) is 0 Å². The molecular formula is C32H50O. The fourth-order valence-corrected chi connectivity index (χ4v) is 4.05. The quantitative estimate of drug-likeness (QED) is 0.0986. The molecule has 33 heavy (non-hydrogen) atoms. The highest BCUT2D eigenvalue weighted by molar-refractivity contribution is 5.13. The van der Waals surface area contributed by atoms with Crippen molar-refractivity contribution in [1.82, 2.24) is 0 Å². The van der Waals surface area contributed by atoms with Crippen LogP contribution in [-0.2, 0) is 4.74 Å². The van der Waals surface area contributed by atoms with E-state index in [2.05, 4.69) is 84.8 Å². The smallest absolute Gasteiger partial charge is 0.0892 e. The first-order chi connectivity index (χ1) is 15.6. The maximum Gasteiger partial charge on any atom is 0.0892 e. The average Bonchev–Trinajstić information content (AvgIpc) is 3.36. The summed E-state index contributed by atoms with van der Waals surface area (Å²) in [6, 6.07) is 0. The van der Waals surface area contributed by atoms with Crippen molar-refractivity contribution < 1.29 is 4.74 Å². The molecule has 1 atom stereocenters. The standard InChI is InChI=1S/C32H50O/c1-9-15-30(22-12-16-26(2)3)23-14-21-28(5)18-11-10-17-27(4)19-13-20-29(6)24-25-31-32(7,8)33-31/h1,16-18,20,23,31H,10-15,19,21-22,24-25H2,2-8H3/b27-17+,28-18+,29-20+,30-23-. The van der Waals surface area contributed by atoms with Crippen LogP contribution in [-0.4, -0.2) is 11.7 Å². The normalized spacial score (nSPS) is 18.8. The molecule has 1 aliphatic heterocycles. The van der Waals surface area contributed by atoms with E-state index in [1.807, 2.05) is 0 Å². The lowest BCUT2D eigenvalue weighted by Gasteiger charge is -2.04. The number of rotatable bonds is 16. The second-order valence-corrected chi connectivity index (χ2v) is 10.6. The van der Waals surface area contributed by atoms with Crippen LogP contribution >= 0.6 is 0 Å². The average molecular weight is 451 g/mol. The van der Waals surface area contributed by atoms with E-state index in [1.54, 1.807) is 0 Å². The van der Waals surface area contributed by atoms with Crippen molar-refractivity contribution in [3.63, 3.8) is 0 Å². The molecule has 1 heterocycles. The Morgan fingerprint density at radius 1 is 0.727 bits per heavy atom. The molecule has 0 bridgehead atoms. The summed E-state index contributed by atoms with van der Waals surface area (Å²) in [7, 11) is 0. The molecule has 0 saturated carbocycles. The van der Waals surface area contributed by atoms with Gasteiger partial charge in [0, 0.05) is 6.42 Å². The van der Waals surface area contributed by atoms with Crippen molar-refractivity contribution in [2.24, 2.45) is 0 Å². The Balaban J connectivity index is 2.24. The Bertz CT molecular complexity index is 772. The van der Waals surface area contributed by atoms with Crippen LogP contribution in [0.2, 0.25) is 0 Å². The highest BCUT2D eigenvalue weighted by Crippen LogP contribution is 2.38. The Kier molecular flexibility index (Phi) is 14.1. The lowest BCUT2D eigenvalue weighted by molar-refractivity contribution is 0.320. The molecule has 1 unspecified atom stereocenters. The summed E-state index contributed by atoms with van der Waals surface area (Å²) in [6.45, 7) is 15.5. The van der Waals surface area contributed by atoms with E-state index in [1.165, 1.54) is 34.3 Å². The van der Waals surface area contributed by atoms with Crippen LogP contribution in [0, 0.1) is 12.3 Å². The van der Waals surface area contributed by atoms with Gasteiger partial charge in [-0.15, -0.1) is 12.3 Å². The predicted molar refractivity (Wildman–Crippen MR) is 147 cm³/mol. The van der Waals surface area contributed by atoms with Crippen molar-refractivity contribution in [2.45, 2.75) is 131 Å². The number of epoxide rings is 1. The fourth-order valence-electron chi connectivity index (χ4n) is 4.05. The van der Waals surface area contributed by atoms with E-state index in [-0.39, 0.29) is 5.60 Å². The van der Waals surface area contributed by atoms with Gasteiger partial charge < -0.3 is 4.74 Å². The first-order valence-corrected chi connectivity index (χ1v) is 13.0. The van der Waals surface area contributed by atoms with E-state index in [0.717, 1.165) is 64.2 Å². The Morgan fingerprint density at radius 2 is 1.21 bits per heavy atom. The lowest BCUT2D eigenvalue weighted by atomic mass is 10.0. The van der Waals surface area contributed by atoms with Gasteiger partial charge in [0.05, 0.1) is 11.7 Å². The highest BCUT2D eigenvalue weighted by atomic mass is 16.6. The predicted octanol–water partition coefficient (Wildman–Crippen LogP) is 9.82. The monoisotopic (exact) mass is 450 g/mol. The minimum atomic E-state index is 0.124. The first-order valence-electron chi connectivity index (χ1n) is 13.0. The maximum atomic E-state index is 5.68. The topological polar surface area (TPSA) is 12.5 Å². The van der Waals surface area contributed by atoms with Gasteiger partial charge in [-0.3, -0.25) is 0 Å². The van der Waals surface area contributed by atoms with Gasteiger partial charge >= 0.3 is 0 Å². The van der Waals surface area contributed by atoms with Crippen LogP contribution in [0.4, 0.5) is 0 Å². The molecule has 1 aliphatic rings. The summed E-state index contributed by atoms with van der Waals surface area (Å²) in [6.07, 6.45) is 30.0. The number of terminal acetylenes is 1. The number of hydrogen-bond acceptors (Lipinski definition) is 1. The molecular weight excluding hydrogens is 400 g/mol. The molecule has 1 saturated heterocycles. The van der Waals surface area contributed by atoms with Gasteiger partial charge in [-0.05, 0) is 113 Å². The van der Waals surface area contributed by atoms with Crippen LogP contribution in [0.1, 0.15) is 119 Å². The van der Waals surface area contributed by atoms with E-state index >= 15 is 0 Å². The molecule has 0 amide bonds. The van der Waals surface area contributed by atoms with Crippen molar-refractivity contribution in [1.29, 1.82) is 0 Å². The number of hydrogen-bond donors (Lipinski definition) is 0. The molecule has 0 aliphatic carbocycles. The van der Waals surface area contributed by atoms with Crippen molar-refractivity contribution in [3.05, 3.63) is 58.2 Å². The Labute approximate surface area is 206 Å². The van der Waals surface area contributed by atoms with Crippen LogP contribution in [0.15, 0.2) is 58.2 Å². The van der Waals surface area contributed by atoms with Gasteiger partial charge in [0.1, 0.15) is 0 Å². The summed E-state index contributed by atoms with van der Waals surface area (Å²) < 4.78 is 5.68. The van der Waals surface area contributed by atoms with Gasteiger partial charge in [-0.25, -0.2) is 0 Å². The van der Waals surface area contributed by atoms with E-state index in [4.69, 9.17) is 11.2 Å². The highest BCUT2D eigenvalue weighted by Gasteiger charge is 2.46. The number of ether oxygens (including phenoxy) is 1. The minimum absolute atomic E-state index is 0.124. The molecule has 0 aromatic carbocycles. The van der Waals surface area contributed by atoms with Crippen LogP contribution in [0.25, 0.3) is 0 Å². The Morgan fingerprint density at radius 3 is 1.73 bits per heavy atom. The zero-order valence-electron chi connectivity index (χ0n) is 22.7. The summed E-state index contributed by atoms with van der Waals surface area (Å²) in [5, 5.41) is 0. The van der Waals surface area contributed by atoms with Gasteiger partial charge in [0.2, 0.25) is 0 Å². The molecule has 0 N–H and O–H groups in total. The lowest BCUT2D eigenvalue weighted by Crippen LogP contribution is -2.02. The number of allylic oxidation sites excluding steroid dienone is 10. The van der Waals surface area contributed by atoms with Crippen LogP contribution in [0.5, 0.6) is 0 Å². The third-order valence-electron chi connectivity index (χ3n) is 6.47. The zero-order valence-corrected chi connectivity index (χ0v) is 22.7. The molecule has 0 spiro atoms. The van der Waals surface area contributed by atoms with E-state index in [0.29, 0.717) is 6.10 Å².